The number of rotatable bonds is 5. The molecule has 2 N–H and O–H groups in total. The van der Waals surface area contributed by atoms with Crippen molar-refractivity contribution < 1.29 is 4.39 Å². The van der Waals surface area contributed by atoms with Crippen LogP contribution in [0.25, 0.3) is 0 Å². The van der Waals surface area contributed by atoms with Crippen LogP contribution in [0.5, 0.6) is 0 Å². The van der Waals surface area contributed by atoms with Gasteiger partial charge in [-0.25, -0.2) is 4.39 Å². The first-order valence-corrected chi connectivity index (χ1v) is 6.30. The quantitative estimate of drug-likeness (QED) is 0.851. The number of benzene rings is 1. The first-order valence-electron chi connectivity index (χ1n) is 6.30. The molecule has 0 aliphatic heterocycles. The van der Waals surface area contributed by atoms with Crippen molar-refractivity contribution in [2.24, 2.45) is 11.7 Å². The van der Waals surface area contributed by atoms with Gasteiger partial charge in [0.1, 0.15) is 5.82 Å². The van der Waals surface area contributed by atoms with Crippen LogP contribution in [0.1, 0.15) is 30.9 Å². The summed E-state index contributed by atoms with van der Waals surface area (Å²) in [6.45, 7) is 3.15. The Morgan fingerprint density at radius 2 is 2.06 bits per heavy atom. The maximum atomic E-state index is 14.0. The molecule has 0 saturated heterocycles. The lowest BCUT2D eigenvalue weighted by molar-refractivity contribution is 0.223. The van der Waals surface area contributed by atoms with Gasteiger partial charge >= 0.3 is 0 Å². The number of nitrogens with zero attached hydrogens (tertiary/aromatic N) is 1. The smallest absolute Gasteiger partial charge is 0.132 e. The molecule has 3 heteroatoms. The maximum absolute atomic E-state index is 14.0. The van der Waals surface area contributed by atoms with E-state index >= 15 is 0 Å². The van der Waals surface area contributed by atoms with E-state index in [1.807, 2.05) is 12.1 Å². The highest BCUT2D eigenvalue weighted by atomic mass is 19.1. The second kappa shape index (κ2) is 5.15. The third kappa shape index (κ3) is 2.85. The highest BCUT2D eigenvalue weighted by Gasteiger charge is 2.30. The van der Waals surface area contributed by atoms with E-state index in [2.05, 4.69) is 18.9 Å². The Bertz CT molecular complexity index is 388. The Hall–Kier alpha value is -0.930. The predicted octanol–water partition coefficient (Wildman–Crippen LogP) is 2.51. The number of hydrogen-bond donors (Lipinski definition) is 1. The van der Waals surface area contributed by atoms with Gasteiger partial charge in [0.05, 0.1) is 0 Å². The van der Waals surface area contributed by atoms with E-state index in [4.69, 9.17) is 5.73 Å². The summed E-state index contributed by atoms with van der Waals surface area (Å²) in [5.74, 6) is 0.672. The average molecular weight is 236 g/mol. The monoisotopic (exact) mass is 236 g/mol. The minimum absolute atomic E-state index is 0.134. The third-order valence-corrected chi connectivity index (χ3v) is 3.80. The van der Waals surface area contributed by atoms with Crippen molar-refractivity contribution in [2.75, 3.05) is 7.05 Å². The molecule has 17 heavy (non-hydrogen) atoms. The number of halogens is 1. The van der Waals surface area contributed by atoms with Crippen LogP contribution < -0.4 is 5.73 Å². The van der Waals surface area contributed by atoms with Crippen molar-refractivity contribution in [1.82, 2.24) is 4.90 Å². The Morgan fingerprint density at radius 3 is 2.65 bits per heavy atom. The zero-order valence-corrected chi connectivity index (χ0v) is 10.6. The molecule has 1 unspecified atom stereocenters. The van der Waals surface area contributed by atoms with E-state index in [-0.39, 0.29) is 12.4 Å². The van der Waals surface area contributed by atoms with E-state index in [0.29, 0.717) is 18.2 Å². The first-order chi connectivity index (χ1) is 8.13. The zero-order valence-electron chi connectivity index (χ0n) is 10.6. The number of hydrogen-bond acceptors (Lipinski definition) is 2. The van der Waals surface area contributed by atoms with Crippen LogP contribution in [0, 0.1) is 11.7 Å². The van der Waals surface area contributed by atoms with Gasteiger partial charge in [0.2, 0.25) is 0 Å². The van der Waals surface area contributed by atoms with Gasteiger partial charge in [-0.1, -0.05) is 18.2 Å². The molecule has 1 fully saturated rings. The summed E-state index contributed by atoms with van der Waals surface area (Å²) in [5, 5.41) is 0. The minimum atomic E-state index is -0.134. The predicted molar refractivity (Wildman–Crippen MR) is 67.9 cm³/mol. The van der Waals surface area contributed by atoms with Gasteiger partial charge in [-0.15, -0.1) is 0 Å². The molecule has 0 heterocycles. The van der Waals surface area contributed by atoms with E-state index in [1.54, 1.807) is 6.07 Å². The van der Waals surface area contributed by atoms with Crippen LogP contribution >= 0.6 is 0 Å². The van der Waals surface area contributed by atoms with Crippen molar-refractivity contribution in [3.8, 4) is 0 Å². The van der Waals surface area contributed by atoms with Crippen molar-refractivity contribution in [3.63, 3.8) is 0 Å². The molecule has 0 aromatic heterocycles. The van der Waals surface area contributed by atoms with Crippen molar-refractivity contribution in [1.29, 1.82) is 0 Å². The highest BCUT2D eigenvalue weighted by molar-refractivity contribution is 5.25. The van der Waals surface area contributed by atoms with Crippen molar-refractivity contribution >= 4 is 0 Å². The molecule has 1 atom stereocenters. The Labute approximate surface area is 103 Å². The van der Waals surface area contributed by atoms with Crippen LogP contribution in [0.3, 0.4) is 0 Å². The lowest BCUT2D eigenvalue weighted by Crippen LogP contribution is -2.30. The first kappa shape index (κ1) is 12.5. The van der Waals surface area contributed by atoms with Gasteiger partial charge in [0, 0.05) is 30.3 Å². The van der Waals surface area contributed by atoms with E-state index < -0.39 is 0 Å². The lowest BCUT2D eigenvalue weighted by atomic mass is 10.1. The summed E-state index contributed by atoms with van der Waals surface area (Å²) in [5.41, 5.74) is 6.87. The Balaban J connectivity index is 2.07. The van der Waals surface area contributed by atoms with E-state index in [0.717, 1.165) is 11.5 Å². The molecule has 0 radical (unpaired) electrons. The summed E-state index contributed by atoms with van der Waals surface area (Å²) >= 11 is 0. The molecule has 1 saturated carbocycles. The van der Waals surface area contributed by atoms with E-state index in [1.165, 1.54) is 12.8 Å². The lowest BCUT2D eigenvalue weighted by Gasteiger charge is -2.25. The molecule has 1 aliphatic carbocycles. The molecule has 2 nitrogen and oxygen atoms in total. The minimum Gasteiger partial charge on any atom is -0.326 e. The second-order valence-electron chi connectivity index (χ2n) is 5.09. The summed E-state index contributed by atoms with van der Waals surface area (Å²) in [6.07, 6.45) is 2.63. The summed E-state index contributed by atoms with van der Waals surface area (Å²) in [4.78, 5) is 2.23. The topological polar surface area (TPSA) is 29.3 Å². The molecule has 0 bridgehead atoms. The fourth-order valence-electron chi connectivity index (χ4n) is 2.26. The van der Waals surface area contributed by atoms with Crippen LogP contribution in [0.4, 0.5) is 4.39 Å². The normalized spacial score (nSPS) is 17.5. The second-order valence-corrected chi connectivity index (χ2v) is 5.09. The summed E-state index contributed by atoms with van der Waals surface area (Å²) in [7, 11) is 2.07. The van der Waals surface area contributed by atoms with Gasteiger partial charge in [0.25, 0.3) is 0 Å². The molecule has 1 aliphatic rings. The molecule has 1 aromatic rings. The SMILES string of the molecule is CC(C1CC1)N(C)Cc1cccc(CN)c1F. The van der Waals surface area contributed by atoms with Crippen LogP contribution in [-0.2, 0) is 13.1 Å². The third-order valence-electron chi connectivity index (χ3n) is 3.80. The summed E-state index contributed by atoms with van der Waals surface area (Å²) in [6, 6.07) is 6.03. The van der Waals surface area contributed by atoms with Crippen LogP contribution in [-0.4, -0.2) is 18.0 Å². The van der Waals surface area contributed by atoms with Gasteiger partial charge in [-0.05, 0) is 32.7 Å². The zero-order chi connectivity index (χ0) is 12.4. The van der Waals surface area contributed by atoms with Gasteiger partial charge < -0.3 is 5.73 Å². The van der Waals surface area contributed by atoms with Gasteiger partial charge in [-0.3, -0.25) is 4.90 Å². The number of nitrogens with two attached hydrogens (primary N) is 1. The molecule has 0 amide bonds. The standard InChI is InChI=1S/C14H21FN2/c1-10(11-6-7-11)17(2)9-13-5-3-4-12(8-16)14(13)15/h3-5,10-11H,6-9,16H2,1-2H3. The van der Waals surface area contributed by atoms with Gasteiger partial charge in [-0.2, -0.15) is 0 Å². The molecule has 1 aromatic carbocycles. The highest BCUT2D eigenvalue weighted by Crippen LogP contribution is 2.35. The van der Waals surface area contributed by atoms with Crippen molar-refractivity contribution in [3.05, 3.63) is 35.1 Å². The molecular formula is C14H21FN2. The average Bonchev–Trinajstić information content (AvgIpc) is 3.15. The Morgan fingerprint density at radius 1 is 1.41 bits per heavy atom. The summed E-state index contributed by atoms with van der Waals surface area (Å²) < 4.78 is 14.0. The largest absolute Gasteiger partial charge is 0.326 e. The fraction of sp³-hybridized carbons (Fsp3) is 0.571. The van der Waals surface area contributed by atoms with Crippen LogP contribution in [0.15, 0.2) is 18.2 Å². The molecule has 2 rings (SSSR count). The fourth-order valence-corrected chi connectivity index (χ4v) is 2.26. The van der Waals surface area contributed by atoms with E-state index in [9.17, 15) is 4.39 Å². The molecule has 94 valence electrons. The van der Waals surface area contributed by atoms with Gasteiger partial charge in [0.15, 0.2) is 0 Å². The molecule has 0 spiro atoms. The Kier molecular flexibility index (Phi) is 3.79. The van der Waals surface area contributed by atoms with Crippen molar-refractivity contribution in [2.45, 2.75) is 38.9 Å². The van der Waals surface area contributed by atoms with Crippen LogP contribution in [0.2, 0.25) is 0 Å². The maximum Gasteiger partial charge on any atom is 0.132 e. The molecular weight excluding hydrogens is 215 g/mol.